The summed E-state index contributed by atoms with van der Waals surface area (Å²) < 4.78 is 5.93. The van der Waals surface area contributed by atoms with Gasteiger partial charge in [-0.1, -0.05) is 23.7 Å². The minimum Gasteiger partial charge on any atom is -0.457 e. The zero-order valence-corrected chi connectivity index (χ0v) is 11.7. The molecule has 0 atom stereocenters. The summed E-state index contributed by atoms with van der Waals surface area (Å²) in [7, 11) is 0. The molecule has 2 aromatic carbocycles. The van der Waals surface area contributed by atoms with E-state index in [1.165, 1.54) is 0 Å². The van der Waals surface area contributed by atoms with Crippen molar-refractivity contribution in [2.24, 2.45) is 0 Å². The first-order chi connectivity index (χ1) is 9.63. The zero-order chi connectivity index (χ0) is 14.1. The Labute approximate surface area is 122 Å². The van der Waals surface area contributed by atoms with Gasteiger partial charge in [0.15, 0.2) is 0 Å². The SMILES string of the molecule is Cc1cc(Oc2ccc(N)c(Cl)c2)c2ccccc2n1. The summed E-state index contributed by atoms with van der Waals surface area (Å²) in [6.07, 6.45) is 0. The third-order valence-electron chi connectivity index (χ3n) is 3.01. The molecule has 0 radical (unpaired) electrons. The molecule has 0 fully saturated rings. The number of aromatic nitrogens is 1. The van der Waals surface area contributed by atoms with Gasteiger partial charge in [-0.2, -0.15) is 0 Å². The number of anilines is 1. The van der Waals surface area contributed by atoms with Crippen molar-refractivity contribution in [3.63, 3.8) is 0 Å². The predicted molar refractivity (Wildman–Crippen MR) is 82.4 cm³/mol. The maximum atomic E-state index is 6.01. The van der Waals surface area contributed by atoms with E-state index in [1.807, 2.05) is 37.3 Å². The topological polar surface area (TPSA) is 48.1 Å². The second-order valence-electron chi connectivity index (χ2n) is 4.56. The first-order valence-corrected chi connectivity index (χ1v) is 6.60. The second-order valence-corrected chi connectivity index (χ2v) is 4.97. The molecule has 2 N–H and O–H groups in total. The van der Waals surface area contributed by atoms with Crippen LogP contribution in [0.15, 0.2) is 48.5 Å². The lowest BCUT2D eigenvalue weighted by Crippen LogP contribution is -1.91. The summed E-state index contributed by atoms with van der Waals surface area (Å²) in [4.78, 5) is 4.48. The van der Waals surface area contributed by atoms with Crippen LogP contribution in [0.25, 0.3) is 10.9 Å². The van der Waals surface area contributed by atoms with Crippen molar-refractivity contribution >= 4 is 28.2 Å². The number of halogens is 1. The van der Waals surface area contributed by atoms with Crippen molar-refractivity contribution in [1.82, 2.24) is 4.98 Å². The Kier molecular flexibility index (Phi) is 3.20. The van der Waals surface area contributed by atoms with Gasteiger partial charge in [0.1, 0.15) is 11.5 Å². The fourth-order valence-electron chi connectivity index (χ4n) is 2.05. The number of hydrogen-bond acceptors (Lipinski definition) is 3. The van der Waals surface area contributed by atoms with Crippen LogP contribution in [-0.4, -0.2) is 4.98 Å². The Morgan fingerprint density at radius 3 is 2.70 bits per heavy atom. The fraction of sp³-hybridized carbons (Fsp3) is 0.0625. The molecule has 100 valence electrons. The van der Waals surface area contributed by atoms with Gasteiger partial charge >= 0.3 is 0 Å². The molecule has 3 nitrogen and oxygen atoms in total. The molecule has 0 amide bonds. The Balaban J connectivity index is 2.07. The van der Waals surface area contributed by atoms with E-state index in [0.29, 0.717) is 16.5 Å². The standard InChI is InChI=1S/C16H13ClN2O/c1-10-8-16(12-4-2-3-5-15(12)19-10)20-11-6-7-14(18)13(17)9-11/h2-9H,18H2,1H3. The number of nitrogen functional groups attached to an aromatic ring is 1. The highest BCUT2D eigenvalue weighted by atomic mass is 35.5. The predicted octanol–water partition coefficient (Wildman–Crippen LogP) is 4.57. The highest BCUT2D eigenvalue weighted by Crippen LogP contribution is 2.32. The Hall–Kier alpha value is -2.26. The largest absolute Gasteiger partial charge is 0.457 e. The van der Waals surface area contributed by atoms with Crippen LogP contribution in [0.3, 0.4) is 0 Å². The summed E-state index contributed by atoms with van der Waals surface area (Å²) in [5.41, 5.74) is 8.05. The molecule has 0 aliphatic carbocycles. The Morgan fingerprint density at radius 1 is 1.10 bits per heavy atom. The normalized spacial score (nSPS) is 10.7. The Bertz CT molecular complexity index is 787. The van der Waals surface area contributed by atoms with E-state index in [-0.39, 0.29) is 0 Å². The van der Waals surface area contributed by atoms with Gasteiger partial charge in [-0.05, 0) is 31.2 Å². The van der Waals surface area contributed by atoms with E-state index in [2.05, 4.69) is 4.98 Å². The fourth-order valence-corrected chi connectivity index (χ4v) is 2.22. The number of para-hydroxylation sites is 1. The molecule has 0 bridgehead atoms. The van der Waals surface area contributed by atoms with Gasteiger partial charge in [0.25, 0.3) is 0 Å². The van der Waals surface area contributed by atoms with Crippen molar-refractivity contribution in [2.75, 3.05) is 5.73 Å². The van der Waals surface area contributed by atoms with E-state index >= 15 is 0 Å². The molecule has 0 aliphatic heterocycles. The number of hydrogen-bond donors (Lipinski definition) is 1. The van der Waals surface area contributed by atoms with Crippen LogP contribution in [0.5, 0.6) is 11.5 Å². The third kappa shape index (κ3) is 2.40. The van der Waals surface area contributed by atoms with Crippen molar-refractivity contribution in [1.29, 1.82) is 0 Å². The van der Waals surface area contributed by atoms with E-state index in [0.717, 1.165) is 22.3 Å². The third-order valence-corrected chi connectivity index (χ3v) is 3.33. The minimum atomic E-state index is 0.484. The molecular formula is C16H13ClN2O. The number of nitrogens with zero attached hydrogens (tertiary/aromatic N) is 1. The van der Waals surface area contributed by atoms with Crippen molar-refractivity contribution < 1.29 is 4.74 Å². The minimum absolute atomic E-state index is 0.484. The van der Waals surface area contributed by atoms with Gasteiger partial charge in [0.2, 0.25) is 0 Å². The van der Waals surface area contributed by atoms with Crippen LogP contribution in [-0.2, 0) is 0 Å². The van der Waals surface area contributed by atoms with Crippen LogP contribution in [0.2, 0.25) is 5.02 Å². The molecular weight excluding hydrogens is 272 g/mol. The molecule has 4 heteroatoms. The lowest BCUT2D eigenvalue weighted by atomic mass is 10.2. The van der Waals surface area contributed by atoms with Gasteiger partial charge in [-0.3, -0.25) is 4.98 Å². The average Bonchev–Trinajstić information content (AvgIpc) is 2.43. The molecule has 3 aromatic rings. The summed E-state index contributed by atoms with van der Waals surface area (Å²) in [6.45, 7) is 1.94. The smallest absolute Gasteiger partial charge is 0.138 e. The van der Waals surface area contributed by atoms with E-state index in [1.54, 1.807) is 18.2 Å². The van der Waals surface area contributed by atoms with Crippen molar-refractivity contribution in [2.45, 2.75) is 6.92 Å². The molecule has 1 aromatic heterocycles. The van der Waals surface area contributed by atoms with Gasteiger partial charge in [-0.15, -0.1) is 0 Å². The van der Waals surface area contributed by atoms with E-state index in [4.69, 9.17) is 22.1 Å². The molecule has 3 rings (SSSR count). The van der Waals surface area contributed by atoms with E-state index in [9.17, 15) is 0 Å². The molecule has 0 saturated heterocycles. The molecule has 0 spiro atoms. The maximum Gasteiger partial charge on any atom is 0.138 e. The first kappa shape index (κ1) is 12.8. The quantitative estimate of drug-likeness (QED) is 0.701. The molecule has 0 saturated carbocycles. The van der Waals surface area contributed by atoms with Gasteiger partial charge < -0.3 is 10.5 Å². The number of nitrogens with two attached hydrogens (primary N) is 1. The number of aryl methyl sites for hydroxylation is 1. The number of fused-ring (bicyclic) bond motifs is 1. The summed E-state index contributed by atoms with van der Waals surface area (Å²) >= 11 is 6.01. The monoisotopic (exact) mass is 284 g/mol. The average molecular weight is 285 g/mol. The highest BCUT2D eigenvalue weighted by molar-refractivity contribution is 6.33. The molecule has 0 aliphatic rings. The number of pyridine rings is 1. The lowest BCUT2D eigenvalue weighted by molar-refractivity contribution is 0.487. The summed E-state index contributed by atoms with van der Waals surface area (Å²) in [6, 6.07) is 15.0. The van der Waals surface area contributed by atoms with Crippen LogP contribution < -0.4 is 10.5 Å². The van der Waals surface area contributed by atoms with Crippen molar-refractivity contribution in [3.05, 3.63) is 59.2 Å². The highest BCUT2D eigenvalue weighted by Gasteiger charge is 2.07. The second kappa shape index (κ2) is 5.02. The number of benzene rings is 2. The van der Waals surface area contributed by atoms with E-state index < -0.39 is 0 Å². The van der Waals surface area contributed by atoms with Crippen LogP contribution in [0, 0.1) is 6.92 Å². The zero-order valence-electron chi connectivity index (χ0n) is 10.9. The van der Waals surface area contributed by atoms with Crippen LogP contribution in [0.1, 0.15) is 5.69 Å². The van der Waals surface area contributed by atoms with Gasteiger partial charge in [-0.25, -0.2) is 0 Å². The molecule has 1 heterocycles. The van der Waals surface area contributed by atoms with Crippen LogP contribution >= 0.6 is 11.6 Å². The Morgan fingerprint density at radius 2 is 1.90 bits per heavy atom. The maximum absolute atomic E-state index is 6.01. The number of ether oxygens (including phenoxy) is 1. The first-order valence-electron chi connectivity index (χ1n) is 6.23. The van der Waals surface area contributed by atoms with Crippen molar-refractivity contribution in [3.8, 4) is 11.5 Å². The summed E-state index contributed by atoms with van der Waals surface area (Å²) in [5, 5.41) is 1.45. The van der Waals surface area contributed by atoms with Gasteiger partial charge in [0.05, 0.1) is 16.2 Å². The van der Waals surface area contributed by atoms with Gasteiger partial charge in [0, 0.05) is 23.2 Å². The summed E-state index contributed by atoms with van der Waals surface area (Å²) in [5.74, 6) is 1.41. The lowest BCUT2D eigenvalue weighted by Gasteiger charge is -2.10. The number of rotatable bonds is 2. The molecule has 20 heavy (non-hydrogen) atoms. The molecule has 0 unspecified atom stereocenters. The van der Waals surface area contributed by atoms with Crippen LogP contribution in [0.4, 0.5) is 5.69 Å².